The number of rotatable bonds is 6. The molecule has 0 radical (unpaired) electrons. The highest BCUT2D eigenvalue weighted by Crippen LogP contribution is 2.27. The lowest BCUT2D eigenvalue weighted by molar-refractivity contribution is -0.126. The minimum atomic E-state index is -0.334. The fourth-order valence-corrected chi connectivity index (χ4v) is 3.16. The van der Waals surface area contributed by atoms with Crippen molar-refractivity contribution in [2.75, 3.05) is 25.1 Å². The maximum Gasteiger partial charge on any atom is 0.227 e. The first-order chi connectivity index (χ1) is 12.6. The highest BCUT2D eigenvalue weighted by molar-refractivity contribution is 6.30. The van der Waals surface area contributed by atoms with Gasteiger partial charge in [-0.2, -0.15) is 0 Å². The van der Waals surface area contributed by atoms with E-state index in [2.05, 4.69) is 5.32 Å². The number of ether oxygens (including phenoxy) is 1. The Balaban J connectivity index is 1.54. The lowest BCUT2D eigenvalue weighted by Crippen LogP contribution is -2.34. The number of carbonyl (C=O) groups is 2. The molecule has 6 heteroatoms. The summed E-state index contributed by atoms with van der Waals surface area (Å²) < 4.78 is 5.20. The van der Waals surface area contributed by atoms with E-state index < -0.39 is 0 Å². The maximum absolute atomic E-state index is 12.4. The number of carbonyl (C=O) groups excluding carboxylic acids is 2. The average molecular weight is 373 g/mol. The third kappa shape index (κ3) is 4.35. The molecule has 1 N–H and O–H groups in total. The van der Waals surface area contributed by atoms with Gasteiger partial charge in [-0.15, -0.1) is 0 Å². The number of halogens is 1. The van der Waals surface area contributed by atoms with E-state index in [1.165, 1.54) is 0 Å². The van der Waals surface area contributed by atoms with Gasteiger partial charge < -0.3 is 15.0 Å². The van der Waals surface area contributed by atoms with E-state index in [4.69, 9.17) is 16.3 Å². The lowest BCUT2D eigenvalue weighted by Gasteiger charge is -2.17. The SMILES string of the molecule is COc1cccc(N2C[C@@H](C(=O)NCCc3ccc(Cl)cc3)CC2=O)c1. The molecule has 1 aliphatic rings. The fourth-order valence-electron chi connectivity index (χ4n) is 3.04. The van der Waals surface area contributed by atoms with Crippen molar-refractivity contribution in [2.24, 2.45) is 5.92 Å². The average Bonchev–Trinajstić information content (AvgIpc) is 3.05. The quantitative estimate of drug-likeness (QED) is 0.847. The molecule has 1 heterocycles. The van der Waals surface area contributed by atoms with E-state index in [0.29, 0.717) is 23.9 Å². The van der Waals surface area contributed by atoms with E-state index in [9.17, 15) is 9.59 Å². The van der Waals surface area contributed by atoms with Gasteiger partial charge in [0.05, 0.1) is 13.0 Å². The molecule has 0 saturated carbocycles. The van der Waals surface area contributed by atoms with Gasteiger partial charge in [0.1, 0.15) is 5.75 Å². The van der Waals surface area contributed by atoms with Crippen molar-refractivity contribution in [2.45, 2.75) is 12.8 Å². The number of hydrogen-bond acceptors (Lipinski definition) is 3. The monoisotopic (exact) mass is 372 g/mol. The van der Waals surface area contributed by atoms with Crippen LogP contribution in [0.15, 0.2) is 48.5 Å². The molecule has 3 rings (SSSR count). The summed E-state index contributed by atoms with van der Waals surface area (Å²) in [5, 5.41) is 3.62. The van der Waals surface area contributed by atoms with Crippen molar-refractivity contribution in [1.82, 2.24) is 5.32 Å². The summed E-state index contributed by atoms with van der Waals surface area (Å²) in [7, 11) is 1.59. The van der Waals surface area contributed by atoms with Crippen molar-refractivity contribution < 1.29 is 14.3 Å². The highest BCUT2D eigenvalue weighted by atomic mass is 35.5. The fraction of sp³-hybridized carbons (Fsp3) is 0.300. The van der Waals surface area contributed by atoms with Crippen molar-refractivity contribution >= 4 is 29.1 Å². The van der Waals surface area contributed by atoms with Gasteiger partial charge in [0, 0.05) is 36.3 Å². The summed E-state index contributed by atoms with van der Waals surface area (Å²) in [5.74, 6) is 0.221. The molecule has 0 bridgehead atoms. The van der Waals surface area contributed by atoms with E-state index >= 15 is 0 Å². The molecule has 0 aromatic heterocycles. The van der Waals surface area contributed by atoms with Crippen LogP contribution in [0.2, 0.25) is 5.02 Å². The summed E-state index contributed by atoms with van der Waals surface area (Å²) >= 11 is 5.86. The summed E-state index contributed by atoms with van der Waals surface area (Å²) in [6.45, 7) is 0.920. The molecule has 26 heavy (non-hydrogen) atoms. The van der Waals surface area contributed by atoms with Gasteiger partial charge in [-0.05, 0) is 36.2 Å². The zero-order chi connectivity index (χ0) is 18.5. The van der Waals surface area contributed by atoms with Crippen LogP contribution in [0.3, 0.4) is 0 Å². The number of benzene rings is 2. The molecule has 0 unspecified atom stereocenters. The van der Waals surface area contributed by atoms with Crippen LogP contribution >= 0.6 is 11.6 Å². The number of methoxy groups -OCH3 is 1. The predicted octanol–water partition coefficient (Wildman–Crippen LogP) is 3.06. The molecule has 2 amide bonds. The molecular formula is C20H21ClN2O3. The molecule has 2 aromatic carbocycles. The van der Waals surface area contributed by atoms with E-state index in [0.717, 1.165) is 17.7 Å². The van der Waals surface area contributed by atoms with Gasteiger partial charge in [-0.25, -0.2) is 0 Å². The Morgan fingerprint density at radius 1 is 1.27 bits per heavy atom. The van der Waals surface area contributed by atoms with Crippen LogP contribution in [-0.2, 0) is 16.0 Å². The van der Waals surface area contributed by atoms with Gasteiger partial charge in [0.2, 0.25) is 11.8 Å². The third-order valence-corrected chi connectivity index (χ3v) is 4.74. The Morgan fingerprint density at radius 2 is 2.04 bits per heavy atom. The smallest absolute Gasteiger partial charge is 0.227 e. The first kappa shape index (κ1) is 18.3. The summed E-state index contributed by atoms with van der Waals surface area (Å²) in [5.41, 5.74) is 1.86. The third-order valence-electron chi connectivity index (χ3n) is 4.49. The summed E-state index contributed by atoms with van der Waals surface area (Å²) in [6.07, 6.45) is 0.952. The minimum Gasteiger partial charge on any atom is -0.497 e. The van der Waals surface area contributed by atoms with Gasteiger partial charge >= 0.3 is 0 Å². The van der Waals surface area contributed by atoms with Crippen molar-refractivity contribution in [3.05, 3.63) is 59.1 Å². The van der Waals surface area contributed by atoms with Gasteiger partial charge in [-0.3, -0.25) is 9.59 Å². The van der Waals surface area contributed by atoms with Crippen LogP contribution in [-0.4, -0.2) is 32.0 Å². The minimum absolute atomic E-state index is 0.0453. The molecular weight excluding hydrogens is 352 g/mol. The second-order valence-electron chi connectivity index (χ2n) is 6.27. The standard InChI is InChI=1S/C20H21ClN2O3/c1-26-18-4-2-3-17(12-18)23-13-15(11-19(23)24)20(25)22-10-9-14-5-7-16(21)8-6-14/h2-8,12,15H,9-11,13H2,1H3,(H,22,25)/t15-/m0/s1. The highest BCUT2D eigenvalue weighted by Gasteiger charge is 2.35. The number of nitrogens with one attached hydrogen (secondary N) is 1. The van der Waals surface area contributed by atoms with E-state index in [-0.39, 0.29) is 24.2 Å². The molecule has 2 aromatic rings. The Bertz CT molecular complexity index is 792. The number of anilines is 1. The number of amides is 2. The molecule has 5 nitrogen and oxygen atoms in total. The number of hydrogen-bond donors (Lipinski definition) is 1. The Kier molecular flexibility index (Phi) is 5.78. The first-order valence-corrected chi connectivity index (χ1v) is 8.91. The Morgan fingerprint density at radius 3 is 2.77 bits per heavy atom. The molecule has 0 aliphatic carbocycles. The van der Waals surface area contributed by atoms with Crippen LogP contribution in [0.25, 0.3) is 0 Å². The van der Waals surface area contributed by atoms with E-state index in [1.54, 1.807) is 18.1 Å². The van der Waals surface area contributed by atoms with Gasteiger partial charge in [0.15, 0.2) is 0 Å². The largest absolute Gasteiger partial charge is 0.497 e. The molecule has 1 saturated heterocycles. The van der Waals surface area contributed by atoms with Crippen molar-refractivity contribution in [1.29, 1.82) is 0 Å². The summed E-state index contributed by atoms with van der Waals surface area (Å²) in [6, 6.07) is 14.9. The second-order valence-corrected chi connectivity index (χ2v) is 6.71. The molecule has 1 atom stereocenters. The van der Waals surface area contributed by atoms with Crippen molar-refractivity contribution in [3.63, 3.8) is 0 Å². The zero-order valence-electron chi connectivity index (χ0n) is 14.6. The van der Waals surface area contributed by atoms with Crippen LogP contribution in [0.1, 0.15) is 12.0 Å². The van der Waals surface area contributed by atoms with Gasteiger partial charge in [-0.1, -0.05) is 29.8 Å². The van der Waals surface area contributed by atoms with Crippen LogP contribution < -0.4 is 15.0 Å². The topological polar surface area (TPSA) is 58.6 Å². The maximum atomic E-state index is 12.4. The van der Waals surface area contributed by atoms with Gasteiger partial charge in [0.25, 0.3) is 0 Å². The van der Waals surface area contributed by atoms with Crippen LogP contribution in [0.4, 0.5) is 5.69 Å². The number of nitrogens with zero attached hydrogens (tertiary/aromatic N) is 1. The van der Waals surface area contributed by atoms with Crippen molar-refractivity contribution in [3.8, 4) is 5.75 Å². The second kappa shape index (κ2) is 8.23. The molecule has 0 spiro atoms. The Labute approximate surface area is 157 Å². The zero-order valence-corrected chi connectivity index (χ0v) is 15.3. The summed E-state index contributed by atoms with van der Waals surface area (Å²) in [4.78, 5) is 26.4. The normalized spacial score (nSPS) is 16.6. The van der Waals surface area contributed by atoms with E-state index in [1.807, 2.05) is 42.5 Å². The molecule has 1 fully saturated rings. The van der Waals surface area contributed by atoms with Crippen LogP contribution in [0.5, 0.6) is 5.75 Å². The molecule has 136 valence electrons. The molecule has 1 aliphatic heterocycles. The lowest BCUT2D eigenvalue weighted by atomic mass is 10.1. The predicted molar refractivity (Wildman–Crippen MR) is 102 cm³/mol. The Hall–Kier alpha value is -2.53. The first-order valence-electron chi connectivity index (χ1n) is 8.53. The van der Waals surface area contributed by atoms with Crippen LogP contribution in [0, 0.1) is 5.92 Å².